The monoisotopic (exact) mass is 209 g/mol. The van der Waals surface area contributed by atoms with Gasteiger partial charge in [0.2, 0.25) is 0 Å². The Kier molecular flexibility index (Phi) is 2.17. The van der Waals surface area contributed by atoms with Crippen molar-refractivity contribution in [3.63, 3.8) is 0 Å². The Balaban J connectivity index is 2.38. The van der Waals surface area contributed by atoms with Crippen molar-refractivity contribution in [2.75, 3.05) is 7.11 Å². The van der Waals surface area contributed by atoms with Crippen molar-refractivity contribution < 1.29 is 14.3 Å². The molecule has 0 bridgehead atoms. The number of esters is 1. The predicted molar refractivity (Wildman–Crippen MR) is 52.5 cm³/mol. The van der Waals surface area contributed by atoms with Gasteiger partial charge >= 0.3 is 5.97 Å². The minimum Gasteiger partial charge on any atom is -0.465 e. The normalized spacial score (nSPS) is 13.9. The SMILES string of the molecule is COC(=O)c1cc2c(s1)N=CC(=O)C2. The third kappa shape index (κ3) is 1.46. The zero-order chi connectivity index (χ0) is 10.1. The quantitative estimate of drug-likeness (QED) is 0.656. The van der Waals surface area contributed by atoms with Crippen LogP contribution in [0.2, 0.25) is 0 Å². The third-order valence-electron chi connectivity index (χ3n) is 1.86. The van der Waals surface area contributed by atoms with Crippen LogP contribution in [0, 0.1) is 0 Å². The number of thiophene rings is 1. The summed E-state index contributed by atoms with van der Waals surface area (Å²) in [6.45, 7) is 0. The standard InChI is InChI=1S/C9H7NO3S/c1-13-9(12)7-3-5-2-6(11)4-10-8(5)14-7/h3-4H,2H2,1H3. The third-order valence-corrected chi connectivity index (χ3v) is 2.93. The number of hydrogen-bond donors (Lipinski definition) is 0. The molecule has 0 spiro atoms. The maximum Gasteiger partial charge on any atom is 0.348 e. The Morgan fingerprint density at radius 2 is 2.43 bits per heavy atom. The molecule has 72 valence electrons. The van der Waals surface area contributed by atoms with Crippen molar-refractivity contribution >= 4 is 34.3 Å². The zero-order valence-electron chi connectivity index (χ0n) is 7.44. The van der Waals surface area contributed by atoms with Crippen LogP contribution in [0.15, 0.2) is 11.1 Å². The highest BCUT2D eigenvalue weighted by atomic mass is 32.1. The van der Waals surface area contributed by atoms with E-state index in [4.69, 9.17) is 0 Å². The van der Waals surface area contributed by atoms with E-state index in [2.05, 4.69) is 9.73 Å². The van der Waals surface area contributed by atoms with E-state index < -0.39 is 0 Å². The first kappa shape index (κ1) is 9.08. The number of nitrogens with zero attached hydrogens (tertiary/aromatic N) is 1. The fourth-order valence-electron chi connectivity index (χ4n) is 1.22. The number of ether oxygens (including phenoxy) is 1. The van der Waals surface area contributed by atoms with Crippen molar-refractivity contribution in [3.05, 3.63) is 16.5 Å². The summed E-state index contributed by atoms with van der Waals surface area (Å²) in [5.41, 5.74) is 0.808. The van der Waals surface area contributed by atoms with E-state index in [-0.39, 0.29) is 11.8 Å². The molecule has 2 rings (SSSR count). The summed E-state index contributed by atoms with van der Waals surface area (Å²) in [6, 6.07) is 1.67. The van der Waals surface area contributed by atoms with Crippen LogP contribution in [0.1, 0.15) is 15.2 Å². The molecule has 1 aromatic rings. The van der Waals surface area contributed by atoms with E-state index in [0.717, 1.165) is 10.6 Å². The maximum absolute atomic E-state index is 11.2. The van der Waals surface area contributed by atoms with E-state index in [9.17, 15) is 9.59 Å². The van der Waals surface area contributed by atoms with Gasteiger partial charge in [-0.25, -0.2) is 9.79 Å². The van der Waals surface area contributed by atoms with Crippen molar-refractivity contribution in [2.24, 2.45) is 4.99 Å². The van der Waals surface area contributed by atoms with Gasteiger partial charge in [0.1, 0.15) is 9.88 Å². The van der Waals surface area contributed by atoms with Crippen LogP contribution >= 0.6 is 11.3 Å². The first-order valence-corrected chi connectivity index (χ1v) is 4.80. The minimum absolute atomic E-state index is 0.0354. The fourth-order valence-corrected chi connectivity index (χ4v) is 2.16. The molecule has 1 aliphatic heterocycles. The molecule has 5 heteroatoms. The van der Waals surface area contributed by atoms with Crippen LogP contribution in [0.3, 0.4) is 0 Å². The molecule has 0 amide bonds. The lowest BCUT2D eigenvalue weighted by molar-refractivity contribution is -0.112. The summed E-state index contributed by atoms with van der Waals surface area (Å²) in [7, 11) is 1.33. The van der Waals surface area contributed by atoms with Gasteiger partial charge in [0.05, 0.1) is 13.3 Å². The second-order valence-electron chi connectivity index (χ2n) is 2.83. The van der Waals surface area contributed by atoms with Crippen LogP contribution in [-0.4, -0.2) is 25.1 Å². The van der Waals surface area contributed by atoms with Gasteiger partial charge in [-0.15, -0.1) is 11.3 Å². The zero-order valence-corrected chi connectivity index (χ0v) is 8.26. The van der Waals surface area contributed by atoms with Crippen LogP contribution in [0.4, 0.5) is 5.00 Å². The molecule has 0 saturated heterocycles. The van der Waals surface area contributed by atoms with Crippen LogP contribution in [-0.2, 0) is 16.0 Å². The molecule has 0 fully saturated rings. The average molecular weight is 209 g/mol. The lowest BCUT2D eigenvalue weighted by atomic mass is 10.1. The smallest absolute Gasteiger partial charge is 0.348 e. The Labute approximate surface area is 84.2 Å². The second-order valence-corrected chi connectivity index (χ2v) is 3.86. The summed E-state index contributed by atoms with van der Waals surface area (Å²) in [6.07, 6.45) is 1.62. The summed E-state index contributed by atoms with van der Waals surface area (Å²) in [4.78, 5) is 26.6. The molecule has 0 aromatic carbocycles. The molecule has 0 aliphatic carbocycles. The highest BCUT2D eigenvalue weighted by Gasteiger charge is 2.18. The van der Waals surface area contributed by atoms with Crippen molar-refractivity contribution in [3.8, 4) is 0 Å². The molecule has 0 N–H and O–H groups in total. The topological polar surface area (TPSA) is 55.7 Å². The highest BCUT2D eigenvalue weighted by molar-refractivity contribution is 7.17. The van der Waals surface area contributed by atoms with Crippen molar-refractivity contribution in [1.29, 1.82) is 0 Å². The largest absolute Gasteiger partial charge is 0.465 e. The molecular formula is C9H7NO3S. The molecule has 0 radical (unpaired) electrons. The number of hydrogen-bond acceptors (Lipinski definition) is 5. The fraction of sp³-hybridized carbons (Fsp3) is 0.222. The summed E-state index contributed by atoms with van der Waals surface area (Å²) >= 11 is 1.25. The summed E-state index contributed by atoms with van der Waals surface area (Å²) in [5, 5.41) is 0.727. The maximum atomic E-state index is 11.2. The number of carbonyl (C=O) groups is 2. The lowest BCUT2D eigenvalue weighted by Crippen LogP contribution is -2.06. The second kappa shape index (κ2) is 3.34. The molecule has 4 nitrogen and oxygen atoms in total. The van der Waals surface area contributed by atoms with E-state index in [1.54, 1.807) is 6.07 Å². The van der Waals surface area contributed by atoms with E-state index >= 15 is 0 Å². The van der Waals surface area contributed by atoms with Gasteiger partial charge < -0.3 is 4.74 Å². The first-order valence-electron chi connectivity index (χ1n) is 3.98. The van der Waals surface area contributed by atoms with Crippen molar-refractivity contribution in [1.82, 2.24) is 0 Å². The van der Waals surface area contributed by atoms with Crippen LogP contribution in [0.25, 0.3) is 0 Å². The Bertz CT molecular complexity index is 433. The number of fused-ring (bicyclic) bond motifs is 1. The van der Waals surface area contributed by atoms with E-state index in [0.29, 0.717) is 11.3 Å². The number of Topliss-reactive ketones (excluding diaryl/α,β-unsaturated/α-hetero) is 1. The predicted octanol–water partition coefficient (Wildman–Crippen LogP) is 1.36. The highest BCUT2D eigenvalue weighted by Crippen LogP contribution is 2.33. The Hall–Kier alpha value is -1.49. The van der Waals surface area contributed by atoms with Gasteiger partial charge in [-0.3, -0.25) is 4.79 Å². The lowest BCUT2D eigenvalue weighted by Gasteiger charge is -1.99. The molecule has 0 saturated carbocycles. The number of carbonyl (C=O) groups excluding carboxylic acids is 2. The summed E-state index contributed by atoms with van der Waals surface area (Å²) < 4.78 is 4.58. The average Bonchev–Trinajstić information content (AvgIpc) is 2.59. The van der Waals surface area contributed by atoms with Gasteiger partial charge in [0, 0.05) is 6.42 Å². The number of aliphatic imine (C=N–C) groups is 1. The molecule has 0 atom stereocenters. The van der Waals surface area contributed by atoms with E-state index in [1.165, 1.54) is 24.7 Å². The molecule has 1 aliphatic rings. The molecular weight excluding hydrogens is 202 g/mol. The molecule has 14 heavy (non-hydrogen) atoms. The number of methoxy groups -OCH3 is 1. The van der Waals surface area contributed by atoms with Crippen molar-refractivity contribution in [2.45, 2.75) is 6.42 Å². The van der Waals surface area contributed by atoms with Gasteiger partial charge in [-0.1, -0.05) is 0 Å². The van der Waals surface area contributed by atoms with Gasteiger partial charge in [0.25, 0.3) is 0 Å². The molecule has 0 unspecified atom stereocenters. The van der Waals surface area contributed by atoms with Gasteiger partial charge in [-0.05, 0) is 11.6 Å². The van der Waals surface area contributed by atoms with Crippen LogP contribution in [0.5, 0.6) is 0 Å². The molecule has 1 aromatic heterocycles. The summed E-state index contributed by atoms with van der Waals surface area (Å²) in [5.74, 6) is -0.418. The number of rotatable bonds is 1. The number of ketones is 1. The van der Waals surface area contributed by atoms with Gasteiger partial charge in [-0.2, -0.15) is 0 Å². The first-order chi connectivity index (χ1) is 6.70. The van der Waals surface area contributed by atoms with E-state index in [1.807, 2.05) is 0 Å². The minimum atomic E-state index is -0.382. The molecule has 2 heterocycles. The Morgan fingerprint density at radius 1 is 1.64 bits per heavy atom. The van der Waals surface area contributed by atoms with Gasteiger partial charge in [0.15, 0.2) is 5.78 Å². The van der Waals surface area contributed by atoms with Crippen LogP contribution < -0.4 is 0 Å². The Morgan fingerprint density at radius 3 is 3.14 bits per heavy atom.